The number of anilines is 1. The molecule has 2 rings (SSSR count). The molecule has 2 heterocycles. The topological polar surface area (TPSA) is 58.1 Å². The monoisotopic (exact) mass is 310 g/mol. The van der Waals surface area contributed by atoms with Crippen LogP contribution in [0.2, 0.25) is 0 Å². The second-order valence-electron chi connectivity index (χ2n) is 4.54. The van der Waals surface area contributed by atoms with E-state index in [9.17, 15) is 26.7 Å². The summed E-state index contributed by atoms with van der Waals surface area (Å²) in [5.41, 5.74) is -1.03. The van der Waals surface area contributed by atoms with Crippen molar-refractivity contribution in [2.45, 2.75) is 24.6 Å². The fourth-order valence-electron chi connectivity index (χ4n) is 1.99. The minimum Gasteiger partial charge on any atom is -0.352 e. The summed E-state index contributed by atoms with van der Waals surface area (Å²) in [5, 5.41) is 2.42. The number of halogens is 5. The highest BCUT2D eigenvalue weighted by Crippen LogP contribution is 2.33. The zero-order chi connectivity index (χ0) is 15.7. The summed E-state index contributed by atoms with van der Waals surface area (Å²) in [4.78, 5) is 18.4. The first-order valence-corrected chi connectivity index (χ1v) is 5.96. The van der Waals surface area contributed by atoms with Gasteiger partial charge in [-0.1, -0.05) is 0 Å². The predicted octanol–water partition coefficient (Wildman–Crippen LogP) is 1.77. The smallest absolute Gasteiger partial charge is 0.352 e. The molecule has 1 amide bonds. The number of amides is 1. The van der Waals surface area contributed by atoms with Crippen LogP contribution in [0, 0.1) is 0 Å². The number of aromatic nitrogens is 2. The molecule has 1 saturated heterocycles. The number of hydrogen-bond acceptors (Lipinski definition) is 4. The van der Waals surface area contributed by atoms with Crippen LogP contribution in [0.5, 0.6) is 0 Å². The fourth-order valence-corrected chi connectivity index (χ4v) is 1.99. The highest BCUT2D eigenvalue weighted by molar-refractivity contribution is 5.49. The summed E-state index contributed by atoms with van der Waals surface area (Å²) in [7, 11) is 0. The summed E-state index contributed by atoms with van der Waals surface area (Å²) >= 11 is 0. The number of rotatable bonds is 4. The van der Waals surface area contributed by atoms with Crippen LogP contribution >= 0.6 is 0 Å². The number of hydrogen-bond donors (Lipinski definition) is 1. The Morgan fingerprint density at radius 2 is 2.00 bits per heavy atom. The van der Waals surface area contributed by atoms with Gasteiger partial charge in [-0.3, -0.25) is 4.79 Å². The first-order valence-electron chi connectivity index (χ1n) is 5.96. The molecule has 1 N–H and O–H groups in total. The minimum atomic E-state index is -4.56. The summed E-state index contributed by atoms with van der Waals surface area (Å²) in [6.07, 6.45) is -3.59. The van der Waals surface area contributed by atoms with Gasteiger partial charge in [0, 0.05) is 31.9 Å². The lowest BCUT2D eigenvalue weighted by Crippen LogP contribution is -2.43. The second-order valence-corrected chi connectivity index (χ2v) is 4.54. The first-order chi connectivity index (χ1) is 9.74. The van der Waals surface area contributed by atoms with Crippen molar-refractivity contribution in [2.75, 3.05) is 18.4 Å². The van der Waals surface area contributed by atoms with Gasteiger partial charge in [0.25, 0.3) is 5.92 Å². The molecule has 0 aliphatic carbocycles. The highest BCUT2D eigenvalue weighted by atomic mass is 19.4. The number of carbonyl (C=O) groups is 1. The van der Waals surface area contributed by atoms with E-state index in [2.05, 4.69) is 15.3 Å². The van der Waals surface area contributed by atoms with Crippen LogP contribution in [0.1, 0.15) is 12.0 Å². The highest BCUT2D eigenvalue weighted by Gasteiger charge is 2.48. The molecule has 1 fully saturated rings. The third-order valence-electron chi connectivity index (χ3n) is 3.16. The van der Waals surface area contributed by atoms with Crippen LogP contribution in [0.25, 0.3) is 0 Å². The molecule has 1 aliphatic rings. The lowest BCUT2D eigenvalue weighted by Gasteiger charge is -2.24. The van der Waals surface area contributed by atoms with Crippen molar-refractivity contribution < 1.29 is 26.7 Å². The number of nitrogens with one attached hydrogen (secondary N) is 1. The Balaban J connectivity index is 2.01. The zero-order valence-electron chi connectivity index (χ0n) is 10.6. The van der Waals surface area contributed by atoms with Crippen LogP contribution in [-0.4, -0.2) is 46.3 Å². The number of likely N-dealkylation sites (tertiary alicyclic amines) is 1. The van der Waals surface area contributed by atoms with Crippen LogP contribution in [-0.2, 0) is 11.0 Å². The van der Waals surface area contributed by atoms with Gasteiger partial charge >= 0.3 is 6.18 Å². The van der Waals surface area contributed by atoms with E-state index < -0.39 is 30.1 Å². The minimum absolute atomic E-state index is 0.0727. The van der Waals surface area contributed by atoms with Gasteiger partial charge in [-0.05, 0) is 0 Å². The average molecular weight is 310 g/mol. The first kappa shape index (κ1) is 15.4. The third kappa shape index (κ3) is 3.37. The van der Waals surface area contributed by atoms with Crippen molar-refractivity contribution in [2.24, 2.45) is 0 Å². The molecule has 1 aromatic heterocycles. The van der Waals surface area contributed by atoms with E-state index in [1.165, 1.54) is 0 Å². The maximum atomic E-state index is 13.5. The molecule has 21 heavy (non-hydrogen) atoms. The Labute approximate surface area is 116 Å². The van der Waals surface area contributed by atoms with E-state index in [4.69, 9.17) is 0 Å². The Morgan fingerprint density at radius 1 is 1.38 bits per heavy atom. The molecule has 1 atom stereocenters. The van der Waals surface area contributed by atoms with Crippen molar-refractivity contribution in [3.05, 3.63) is 18.0 Å². The van der Waals surface area contributed by atoms with Crippen molar-refractivity contribution in [1.82, 2.24) is 14.9 Å². The molecular weight excluding hydrogens is 299 g/mol. The predicted molar refractivity (Wildman–Crippen MR) is 61.6 cm³/mol. The van der Waals surface area contributed by atoms with Gasteiger partial charge in [0.1, 0.15) is 6.04 Å². The van der Waals surface area contributed by atoms with Crippen molar-refractivity contribution in [3.63, 3.8) is 0 Å². The van der Waals surface area contributed by atoms with Gasteiger partial charge in [0.05, 0.1) is 5.56 Å². The van der Waals surface area contributed by atoms with E-state index in [0.29, 0.717) is 18.8 Å². The molecule has 10 heteroatoms. The van der Waals surface area contributed by atoms with Crippen molar-refractivity contribution in [3.8, 4) is 0 Å². The van der Waals surface area contributed by atoms with Crippen molar-refractivity contribution in [1.29, 1.82) is 0 Å². The van der Waals surface area contributed by atoms with E-state index >= 15 is 0 Å². The summed E-state index contributed by atoms with van der Waals surface area (Å²) in [6, 6.07) is -1.37. The maximum absolute atomic E-state index is 13.5. The normalized spacial score (nSPS) is 21.4. The molecule has 0 spiro atoms. The third-order valence-corrected chi connectivity index (χ3v) is 3.16. The summed E-state index contributed by atoms with van der Waals surface area (Å²) < 4.78 is 64.0. The van der Waals surface area contributed by atoms with E-state index in [1.54, 1.807) is 0 Å². The van der Waals surface area contributed by atoms with Gasteiger partial charge < -0.3 is 10.2 Å². The zero-order valence-corrected chi connectivity index (χ0v) is 10.6. The SMILES string of the molecule is O=CN1CCC(F)(F)C1CNc1ncc(C(F)(F)F)cn1. The lowest BCUT2D eigenvalue weighted by molar-refractivity contribution is -0.138. The van der Waals surface area contributed by atoms with Gasteiger partial charge in [0.2, 0.25) is 12.4 Å². The van der Waals surface area contributed by atoms with E-state index in [1.807, 2.05) is 0 Å². The molecule has 1 unspecified atom stereocenters. The van der Waals surface area contributed by atoms with Gasteiger partial charge in [-0.2, -0.15) is 13.2 Å². The molecule has 5 nitrogen and oxygen atoms in total. The molecule has 0 bridgehead atoms. The number of alkyl halides is 5. The Hall–Kier alpha value is -2.00. The quantitative estimate of drug-likeness (QED) is 0.680. The summed E-state index contributed by atoms with van der Waals surface area (Å²) in [6.45, 7) is -0.423. The standard InChI is InChI=1S/C11H11F5N4O/c12-10(13)1-2-20(6-21)8(10)5-19-9-17-3-7(4-18-9)11(14,15)16/h3-4,6,8H,1-2,5H2,(H,17,18,19). The Kier molecular flexibility index (Phi) is 3.97. The molecule has 1 aromatic rings. The van der Waals surface area contributed by atoms with Crippen LogP contribution in [0.4, 0.5) is 27.9 Å². The van der Waals surface area contributed by atoms with Crippen LogP contribution < -0.4 is 5.32 Å². The molecule has 0 saturated carbocycles. The molecule has 0 radical (unpaired) electrons. The number of nitrogens with zero attached hydrogens (tertiary/aromatic N) is 3. The Bertz CT molecular complexity index is 504. The lowest BCUT2D eigenvalue weighted by atomic mass is 10.1. The fraction of sp³-hybridized carbons (Fsp3) is 0.545. The molecular formula is C11H11F5N4O. The molecule has 0 aromatic carbocycles. The van der Waals surface area contributed by atoms with Crippen LogP contribution in [0.3, 0.4) is 0 Å². The summed E-state index contributed by atoms with van der Waals surface area (Å²) in [5.74, 6) is -3.27. The van der Waals surface area contributed by atoms with E-state index in [-0.39, 0.29) is 19.0 Å². The Morgan fingerprint density at radius 3 is 2.52 bits per heavy atom. The largest absolute Gasteiger partial charge is 0.419 e. The number of carbonyl (C=O) groups excluding carboxylic acids is 1. The van der Waals surface area contributed by atoms with Gasteiger partial charge in [-0.25, -0.2) is 18.7 Å². The van der Waals surface area contributed by atoms with Crippen LogP contribution in [0.15, 0.2) is 12.4 Å². The molecule has 1 aliphatic heterocycles. The van der Waals surface area contributed by atoms with Crippen molar-refractivity contribution >= 4 is 12.4 Å². The molecule has 116 valence electrons. The second kappa shape index (κ2) is 5.41. The average Bonchev–Trinajstić information content (AvgIpc) is 2.70. The van der Waals surface area contributed by atoms with Gasteiger partial charge in [0.15, 0.2) is 0 Å². The van der Waals surface area contributed by atoms with Gasteiger partial charge in [-0.15, -0.1) is 0 Å². The maximum Gasteiger partial charge on any atom is 0.419 e. The van der Waals surface area contributed by atoms with E-state index in [0.717, 1.165) is 4.90 Å².